The number of carbonyl (C=O) groups is 2. The number of carboxylic acid groups (broad SMARTS) is 1. The van der Waals surface area contributed by atoms with E-state index in [2.05, 4.69) is 54.4 Å². The summed E-state index contributed by atoms with van der Waals surface area (Å²) in [5.41, 5.74) is 0.0869. The van der Waals surface area contributed by atoms with E-state index in [4.69, 9.17) is 9.84 Å². The number of aliphatic carboxylic acids is 1. The monoisotopic (exact) mass is 468 g/mol. The molecule has 1 aromatic rings. The first-order chi connectivity index (χ1) is 9.31. The van der Waals surface area contributed by atoms with Crippen molar-refractivity contribution in [2.75, 3.05) is 0 Å². The number of carbonyl (C=O) groups excluding carboxylic acids is 1. The van der Waals surface area contributed by atoms with E-state index >= 15 is 0 Å². The normalized spacial score (nSPS) is 10.2. The molecule has 7 heteroatoms. The molecule has 0 aromatic heterocycles. The lowest BCUT2D eigenvalue weighted by Gasteiger charge is -2.09. The molecule has 0 radical (unpaired) electrons. The molecular formula is C13H11Br3O4. The van der Waals surface area contributed by atoms with E-state index in [1.807, 2.05) is 0 Å². The van der Waals surface area contributed by atoms with Crippen molar-refractivity contribution in [3.63, 3.8) is 0 Å². The van der Waals surface area contributed by atoms with Gasteiger partial charge in [0.15, 0.2) is 5.75 Å². The third kappa shape index (κ3) is 5.38. The third-order valence-electron chi connectivity index (χ3n) is 2.34. The van der Waals surface area contributed by atoms with E-state index < -0.39 is 11.9 Å². The summed E-state index contributed by atoms with van der Waals surface area (Å²) in [5, 5.41) is 8.65. The molecule has 0 aliphatic heterocycles. The summed E-state index contributed by atoms with van der Waals surface area (Å²) < 4.78 is 7.37. The van der Waals surface area contributed by atoms with Gasteiger partial charge < -0.3 is 9.84 Å². The van der Waals surface area contributed by atoms with Crippen LogP contribution in [0.25, 0.3) is 0 Å². The van der Waals surface area contributed by atoms with Crippen LogP contribution in [0.4, 0.5) is 0 Å². The Morgan fingerprint density at radius 3 is 2.20 bits per heavy atom. The highest BCUT2D eigenvalue weighted by Crippen LogP contribution is 2.36. The molecule has 1 rings (SSSR count). The number of benzene rings is 1. The summed E-state index contributed by atoms with van der Waals surface area (Å²) in [6.45, 7) is 3.40. The summed E-state index contributed by atoms with van der Waals surface area (Å²) in [5.74, 6) is -1.07. The molecule has 0 atom stereocenters. The molecular weight excluding hydrogens is 460 g/mol. The molecule has 20 heavy (non-hydrogen) atoms. The number of carboxylic acids is 1. The topological polar surface area (TPSA) is 63.6 Å². The zero-order valence-corrected chi connectivity index (χ0v) is 15.0. The number of halogens is 3. The average molecular weight is 471 g/mol. The minimum atomic E-state index is -1.04. The van der Waals surface area contributed by atoms with Gasteiger partial charge in [-0.15, -0.1) is 0 Å². The number of hydrogen-bond acceptors (Lipinski definition) is 3. The Balaban J connectivity index is 2.55. The van der Waals surface area contributed by atoms with Crippen molar-refractivity contribution in [3.8, 4) is 5.75 Å². The average Bonchev–Trinajstić information content (AvgIpc) is 2.33. The first kappa shape index (κ1) is 17.4. The second-order valence-corrected chi connectivity index (χ2v) is 6.56. The van der Waals surface area contributed by atoms with Crippen molar-refractivity contribution in [1.29, 1.82) is 0 Å². The first-order valence-corrected chi connectivity index (χ1v) is 7.95. The van der Waals surface area contributed by atoms with E-state index in [9.17, 15) is 9.59 Å². The fraction of sp³-hybridized carbons (Fsp3) is 0.231. The summed E-state index contributed by atoms with van der Waals surface area (Å²) in [4.78, 5) is 22.3. The molecule has 108 valence electrons. The van der Waals surface area contributed by atoms with Gasteiger partial charge in [-0.05, 0) is 56.8 Å². The van der Waals surface area contributed by atoms with Crippen molar-refractivity contribution in [1.82, 2.24) is 0 Å². The SMILES string of the molecule is C=C(CCCC(=O)Oc1c(Br)cc(Br)cc1Br)C(=O)O. The van der Waals surface area contributed by atoms with E-state index in [1.54, 1.807) is 12.1 Å². The Hall–Kier alpha value is -0.660. The van der Waals surface area contributed by atoms with Gasteiger partial charge in [0.25, 0.3) is 0 Å². The summed E-state index contributed by atoms with van der Waals surface area (Å²) in [6, 6.07) is 3.53. The van der Waals surface area contributed by atoms with Crippen LogP contribution in [-0.4, -0.2) is 17.0 Å². The maximum atomic E-state index is 11.7. The van der Waals surface area contributed by atoms with Crippen LogP contribution in [0.15, 0.2) is 37.7 Å². The van der Waals surface area contributed by atoms with Gasteiger partial charge in [0, 0.05) is 16.5 Å². The molecule has 0 saturated heterocycles. The van der Waals surface area contributed by atoms with Gasteiger partial charge in [-0.2, -0.15) is 0 Å². The summed E-state index contributed by atoms with van der Waals surface area (Å²) in [7, 11) is 0. The molecule has 0 amide bonds. The van der Waals surface area contributed by atoms with E-state index in [0.717, 1.165) is 4.47 Å². The molecule has 0 unspecified atom stereocenters. The van der Waals surface area contributed by atoms with Crippen LogP contribution in [-0.2, 0) is 9.59 Å². The molecule has 1 aromatic carbocycles. The van der Waals surface area contributed by atoms with Gasteiger partial charge >= 0.3 is 11.9 Å². The molecule has 0 saturated carbocycles. The Morgan fingerprint density at radius 1 is 1.15 bits per heavy atom. The van der Waals surface area contributed by atoms with Crippen molar-refractivity contribution in [2.45, 2.75) is 19.3 Å². The van der Waals surface area contributed by atoms with E-state index in [1.165, 1.54) is 0 Å². The third-order valence-corrected chi connectivity index (χ3v) is 3.98. The largest absolute Gasteiger partial charge is 0.478 e. The van der Waals surface area contributed by atoms with Crippen LogP contribution in [0, 0.1) is 0 Å². The maximum Gasteiger partial charge on any atom is 0.330 e. The lowest BCUT2D eigenvalue weighted by atomic mass is 10.1. The minimum absolute atomic E-state index is 0.0869. The molecule has 0 heterocycles. The Labute approximate surface area is 141 Å². The second-order valence-electron chi connectivity index (χ2n) is 3.93. The minimum Gasteiger partial charge on any atom is -0.478 e. The first-order valence-electron chi connectivity index (χ1n) is 5.57. The van der Waals surface area contributed by atoms with E-state index in [0.29, 0.717) is 21.1 Å². The Bertz CT molecular complexity index is 532. The predicted molar refractivity (Wildman–Crippen MR) is 85.8 cm³/mol. The standard InChI is InChI=1S/C13H11Br3O4/c1-7(13(18)19)3-2-4-11(17)20-12-9(15)5-8(14)6-10(12)16/h5-6H,1-4H2,(H,18,19). The molecule has 0 spiro atoms. The fourth-order valence-corrected chi connectivity index (χ4v) is 3.76. The van der Waals surface area contributed by atoms with Crippen LogP contribution in [0.5, 0.6) is 5.75 Å². The smallest absolute Gasteiger partial charge is 0.330 e. The summed E-state index contributed by atoms with van der Waals surface area (Å²) in [6.07, 6.45) is 0.768. The zero-order valence-electron chi connectivity index (χ0n) is 10.3. The number of hydrogen-bond donors (Lipinski definition) is 1. The number of ether oxygens (including phenoxy) is 1. The second kappa shape index (κ2) is 7.95. The lowest BCUT2D eigenvalue weighted by Crippen LogP contribution is -2.09. The van der Waals surface area contributed by atoms with E-state index in [-0.39, 0.29) is 18.4 Å². The van der Waals surface area contributed by atoms with Crippen molar-refractivity contribution in [3.05, 3.63) is 37.7 Å². The van der Waals surface area contributed by atoms with Crippen LogP contribution >= 0.6 is 47.8 Å². The highest BCUT2D eigenvalue weighted by Gasteiger charge is 2.13. The quantitative estimate of drug-likeness (QED) is 0.372. The fourth-order valence-electron chi connectivity index (χ4n) is 1.34. The van der Waals surface area contributed by atoms with Gasteiger partial charge in [0.1, 0.15) is 0 Å². The van der Waals surface area contributed by atoms with Gasteiger partial charge in [0.05, 0.1) is 8.95 Å². The zero-order chi connectivity index (χ0) is 15.3. The van der Waals surface area contributed by atoms with Crippen LogP contribution in [0.2, 0.25) is 0 Å². The molecule has 0 aliphatic carbocycles. The highest BCUT2D eigenvalue weighted by atomic mass is 79.9. The molecule has 0 aliphatic rings. The Morgan fingerprint density at radius 2 is 1.70 bits per heavy atom. The Kier molecular flexibility index (Phi) is 6.91. The number of esters is 1. The summed E-state index contributed by atoms with van der Waals surface area (Å²) >= 11 is 9.93. The number of rotatable bonds is 6. The lowest BCUT2D eigenvalue weighted by molar-refractivity contribution is -0.135. The maximum absolute atomic E-state index is 11.7. The van der Waals surface area contributed by atoms with Crippen molar-refractivity contribution in [2.24, 2.45) is 0 Å². The van der Waals surface area contributed by atoms with Crippen LogP contribution in [0.3, 0.4) is 0 Å². The highest BCUT2D eigenvalue weighted by molar-refractivity contribution is 9.11. The van der Waals surface area contributed by atoms with Crippen LogP contribution in [0.1, 0.15) is 19.3 Å². The molecule has 4 nitrogen and oxygen atoms in total. The van der Waals surface area contributed by atoms with Gasteiger partial charge in [0.2, 0.25) is 0 Å². The molecule has 1 N–H and O–H groups in total. The molecule has 0 fully saturated rings. The van der Waals surface area contributed by atoms with Gasteiger partial charge in [-0.3, -0.25) is 4.79 Å². The van der Waals surface area contributed by atoms with Crippen LogP contribution < -0.4 is 4.74 Å². The van der Waals surface area contributed by atoms with Crippen molar-refractivity contribution < 1.29 is 19.4 Å². The van der Waals surface area contributed by atoms with Gasteiger partial charge in [-0.25, -0.2) is 4.79 Å². The van der Waals surface area contributed by atoms with Crippen molar-refractivity contribution >= 4 is 59.7 Å². The molecule has 0 bridgehead atoms. The predicted octanol–water partition coefficient (Wildman–Crippen LogP) is 4.69. The van der Waals surface area contributed by atoms with Gasteiger partial charge in [-0.1, -0.05) is 22.5 Å².